The zero-order valence-electron chi connectivity index (χ0n) is 32.0. The molecule has 2 fully saturated rings. The molecule has 2 N–H and O–H groups in total. The maximum Gasteiger partial charge on any atom is 0.506 e. The highest BCUT2D eigenvalue weighted by molar-refractivity contribution is 7.89. The van der Waals surface area contributed by atoms with Crippen molar-refractivity contribution in [1.82, 2.24) is 29.2 Å². The van der Waals surface area contributed by atoms with E-state index in [0.717, 1.165) is 25.2 Å². The highest BCUT2D eigenvalue weighted by Crippen LogP contribution is 2.48. The third-order valence-electron chi connectivity index (χ3n) is 11.5. The first-order valence-corrected chi connectivity index (χ1v) is 20.2. The Balaban J connectivity index is 1.23. The van der Waals surface area contributed by atoms with Crippen LogP contribution in [-0.2, 0) is 27.7 Å². The molecule has 3 aliphatic rings. The molecule has 0 bridgehead atoms. The van der Waals surface area contributed by atoms with Gasteiger partial charge >= 0.3 is 12.3 Å². The monoisotopic (exact) mass is 783 g/mol. The number of carboxylic acid groups (broad SMARTS) is 1. The average molecular weight is 784 g/mol. The average Bonchev–Trinajstić information content (AvgIpc) is 3.72. The Labute approximate surface area is 319 Å². The van der Waals surface area contributed by atoms with Crippen LogP contribution < -0.4 is 10.1 Å². The number of aromatic nitrogens is 4. The molecule has 55 heavy (non-hydrogen) atoms. The van der Waals surface area contributed by atoms with E-state index in [1.165, 1.54) is 35.7 Å². The van der Waals surface area contributed by atoms with E-state index in [0.29, 0.717) is 46.5 Å². The van der Waals surface area contributed by atoms with Gasteiger partial charge in [-0.3, -0.25) is 4.79 Å². The third kappa shape index (κ3) is 7.40. The van der Waals surface area contributed by atoms with Crippen molar-refractivity contribution in [2.75, 3.05) is 31.5 Å². The lowest BCUT2D eigenvalue weighted by atomic mass is 9.69. The molecule has 296 valence electrons. The first-order valence-electron chi connectivity index (χ1n) is 18.8. The Morgan fingerprint density at radius 1 is 1.04 bits per heavy atom. The van der Waals surface area contributed by atoms with Crippen molar-refractivity contribution in [1.29, 1.82) is 0 Å². The predicted molar refractivity (Wildman–Crippen MR) is 201 cm³/mol. The lowest BCUT2D eigenvalue weighted by Crippen LogP contribution is -2.38. The second kappa shape index (κ2) is 14.0. The van der Waals surface area contributed by atoms with Gasteiger partial charge in [-0.1, -0.05) is 35.9 Å². The lowest BCUT2D eigenvalue weighted by molar-refractivity contribution is -0.210. The second-order valence-corrected chi connectivity index (χ2v) is 18.1. The number of aliphatic carboxylic acids is 1. The molecular formula is C39H48F3N7O5S. The third-order valence-corrected chi connectivity index (χ3v) is 13.3. The molecule has 1 aliphatic carbocycles. The number of alkyl halides is 3. The molecule has 0 radical (unpaired) electrons. The number of hydrogen-bond acceptors (Lipinski definition) is 9. The van der Waals surface area contributed by atoms with Crippen LogP contribution >= 0.6 is 0 Å². The van der Waals surface area contributed by atoms with Crippen molar-refractivity contribution in [3.8, 4) is 5.88 Å². The van der Waals surface area contributed by atoms with Gasteiger partial charge < -0.3 is 20.1 Å². The molecule has 4 heterocycles. The number of carbonyl (C=O) groups is 1. The van der Waals surface area contributed by atoms with Crippen LogP contribution in [0.1, 0.15) is 92.2 Å². The van der Waals surface area contributed by atoms with Crippen molar-refractivity contribution in [2.24, 2.45) is 5.41 Å². The van der Waals surface area contributed by atoms with Gasteiger partial charge in [-0.15, -0.1) is 18.3 Å². The fourth-order valence-electron chi connectivity index (χ4n) is 8.08. The van der Waals surface area contributed by atoms with Gasteiger partial charge in [-0.05, 0) is 126 Å². The number of pyridine rings is 1. The number of carboxylic acids is 1. The smallest absolute Gasteiger partial charge is 0.481 e. The van der Waals surface area contributed by atoms with Gasteiger partial charge in [0.2, 0.25) is 15.9 Å². The van der Waals surface area contributed by atoms with E-state index in [1.807, 2.05) is 26.0 Å². The fraction of sp³-hybridized carbons (Fsp3) is 0.538. The van der Waals surface area contributed by atoms with Gasteiger partial charge in [0.05, 0.1) is 17.5 Å². The summed E-state index contributed by atoms with van der Waals surface area (Å²) in [7, 11) is -4.12. The molecule has 4 aromatic rings. The zero-order chi connectivity index (χ0) is 39.7. The maximum atomic E-state index is 14.5. The number of likely N-dealkylation sites (tertiary alicyclic amines) is 1. The van der Waals surface area contributed by atoms with Crippen LogP contribution in [0.3, 0.4) is 0 Å². The van der Waals surface area contributed by atoms with Gasteiger partial charge in [0, 0.05) is 25.0 Å². The molecule has 2 aliphatic heterocycles. The summed E-state index contributed by atoms with van der Waals surface area (Å²) in [5.74, 6) is -1.29. The van der Waals surface area contributed by atoms with Crippen molar-refractivity contribution >= 4 is 32.8 Å². The Morgan fingerprint density at radius 3 is 2.40 bits per heavy atom. The van der Waals surface area contributed by atoms with Gasteiger partial charge in [-0.25, -0.2) is 8.42 Å². The standard InChI is InChI=1S/C39H48F3N7O5S/c1-23-10-11-27(32(37(5,6)36(50)51)29-12-13-30-33(26(29)4)45-46-49(30)39(40,41)42)19-28(23)21-48-22-38(14-15-38)54-35-31(55(48,52)53)18-24(2)34(44-35)43-25(3)20-47-16-8-7-9-17-47/h10-13,18-19,25,32H,7-9,14-17,20-22H2,1-6H3,(H,43,44)(H,50,51)/t25-,32+/m0/s1. The number of nitrogens with zero attached hydrogens (tertiary/aromatic N) is 6. The number of halogens is 3. The van der Waals surface area contributed by atoms with Gasteiger partial charge in [0.15, 0.2) is 0 Å². The normalized spacial score (nSPS) is 19.7. The zero-order valence-corrected chi connectivity index (χ0v) is 32.8. The molecule has 16 heteroatoms. The van der Waals surface area contributed by atoms with E-state index < -0.39 is 39.2 Å². The molecule has 1 saturated carbocycles. The number of sulfonamides is 1. The minimum Gasteiger partial charge on any atom is -0.481 e. The van der Waals surface area contributed by atoms with Gasteiger partial charge in [-0.2, -0.15) is 14.0 Å². The largest absolute Gasteiger partial charge is 0.506 e. The summed E-state index contributed by atoms with van der Waals surface area (Å²) in [4.78, 5) is 20.0. The van der Waals surface area contributed by atoms with E-state index in [1.54, 1.807) is 32.9 Å². The SMILES string of the molecule is Cc1ccc([C@H](c2ccc3c(nnn3C(F)(F)F)c2C)C(C)(C)C(=O)O)cc1CN1CC2(CC2)Oc2nc(N[C@@H](C)CN3CCCCC3)c(C)cc2S1(=O)=O. The quantitative estimate of drug-likeness (QED) is 0.175. The molecule has 12 nitrogen and oxygen atoms in total. The molecular weight excluding hydrogens is 736 g/mol. The lowest BCUT2D eigenvalue weighted by Gasteiger charge is -2.33. The molecule has 1 spiro atoms. The summed E-state index contributed by atoms with van der Waals surface area (Å²) in [5.41, 5.74) is 1.14. The summed E-state index contributed by atoms with van der Waals surface area (Å²) in [6, 6.07) is 9.88. The second-order valence-electron chi connectivity index (χ2n) is 16.2. The van der Waals surface area contributed by atoms with Crippen LogP contribution in [0.4, 0.5) is 19.0 Å². The van der Waals surface area contributed by atoms with Gasteiger partial charge in [0.25, 0.3) is 0 Å². The van der Waals surface area contributed by atoms with Crippen LogP contribution in [0.2, 0.25) is 0 Å². The first-order chi connectivity index (χ1) is 25.8. The number of anilines is 1. The Bertz CT molecular complexity index is 2250. The number of nitrogens with one attached hydrogen (secondary N) is 1. The summed E-state index contributed by atoms with van der Waals surface area (Å²) in [6.45, 7) is 13.6. The van der Waals surface area contributed by atoms with E-state index in [4.69, 9.17) is 9.72 Å². The maximum absolute atomic E-state index is 14.5. The Morgan fingerprint density at radius 2 is 1.75 bits per heavy atom. The highest BCUT2D eigenvalue weighted by atomic mass is 32.2. The number of aryl methyl sites for hydroxylation is 3. The number of benzene rings is 2. The molecule has 1 saturated heterocycles. The Hall–Kier alpha value is -4.28. The van der Waals surface area contributed by atoms with Crippen molar-refractivity contribution in [3.05, 3.63) is 69.8 Å². The fourth-order valence-corrected chi connectivity index (χ4v) is 9.71. The number of fused-ring (bicyclic) bond motifs is 2. The molecule has 2 atom stereocenters. The van der Waals surface area contributed by atoms with Crippen LogP contribution in [0.5, 0.6) is 5.88 Å². The van der Waals surface area contributed by atoms with Crippen molar-refractivity contribution in [3.63, 3.8) is 0 Å². The van der Waals surface area contributed by atoms with Gasteiger partial charge in [0.1, 0.15) is 21.8 Å². The molecule has 0 unspecified atom stereocenters. The van der Waals surface area contributed by atoms with E-state index in [-0.39, 0.29) is 45.6 Å². The molecule has 7 rings (SSSR count). The summed E-state index contributed by atoms with van der Waals surface area (Å²) < 4.78 is 77.8. The minimum atomic E-state index is -4.79. The van der Waals surface area contributed by atoms with Crippen LogP contribution in [0, 0.1) is 26.2 Å². The number of piperidine rings is 1. The van der Waals surface area contributed by atoms with Crippen molar-refractivity contribution < 1.29 is 36.2 Å². The molecule has 2 aromatic heterocycles. The Kier molecular flexibility index (Phi) is 9.94. The van der Waals surface area contributed by atoms with Crippen LogP contribution in [0.15, 0.2) is 41.3 Å². The molecule has 0 amide bonds. The summed E-state index contributed by atoms with van der Waals surface area (Å²) >= 11 is 0. The van der Waals surface area contributed by atoms with Crippen molar-refractivity contribution in [2.45, 2.75) is 109 Å². The van der Waals surface area contributed by atoms with E-state index >= 15 is 0 Å². The van der Waals surface area contributed by atoms with E-state index in [2.05, 4.69) is 27.5 Å². The number of ether oxygens (including phenoxy) is 1. The predicted octanol–water partition coefficient (Wildman–Crippen LogP) is 6.87. The number of rotatable bonds is 10. The summed E-state index contributed by atoms with van der Waals surface area (Å²) in [5, 5.41) is 21.1. The topological polar surface area (TPSA) is 143 Å². The minimum absolute atomic E-state index is 0.00228. The summed E-state index contributed by atoms with van der Waals surface area (Å²) in [6.07, 6.45) is 0.167. The van der Waals surface area contributed by atoms with E-state index in [9.17, 15) is 31.5 Å². The van der Waals surface area contributed by atoms with Crippen LogP contribution in [-0.4, -0.2) is 86.5 Å². The first kappa shape index (κ1) is 39.0. The molecule has 2 aromatic carbocycles. The number of hydrogen-bond donors (Lipinski definition) is 2. The van der Waals surface area contributed by atoms with Crippen LogP contribution in [0.25, 0.3) is 11.0 Å². The highest BCUT2D eigenvalue weighted by Gasteiger charge is 2.53.